The topological polar surface area (TPSA) is 54.4 Å². The third-order valence-corrected chi connectivity index (χ3v) is 3.76. The molecule has 0 amide bonds. The second-order valence-electron chi connectivity index (χ2n) is 3.14. The SMILES string of the molecule is CCc1cc2[c]s[c]c2cc1S(=O)(=O)O. The van der Waals surface area contributed by atoms with E-state index in [4.69, 9.17) is 4.55 Å². The monoisotopic (exact) mass is 240 g/mol. The first-order chi connectivity index (χ1) is 7.02. The molecule has 0 fully saturated rings. The van der Waals surface area contributed by atoms with Gasteiger partial charge < -0.3 is 0 Å². The summed E-state index contributed by atoms with van der Waals surface area (Å²) in [6, 6.07) is 3.17. The van der Waals surface area contributed by atoms with Gasteiger partial charge in [-0.15, -0.1) is 11.3 Å². The van der Waals surface area contributed by atoms with E-state index in [9.17, 15) is 8.42 Å². The highest BCUT2D eigenvalue weighted by Gasteiger charge is 2.15. The Labute approximate surface area is 92.1 Å². The van der Waals surface area contributed by atoms with Crippen molar-refractivity contribution in [2.45, 2.75) is 18.2 Å². The van der Waals surface area contributed by atoms with E-state index >= 15 is 0 Å². The quantitative estimate of drug-likeness (QED) is 0.819. The molecule has 15 heavy (non-hydrogen) atoms. The molecule has 0 atom stereocenters. The normalized spacial score (nSPS) is 12.1. The number of rotatable bonds is 2. The fourth-order valence-electron chi connectivity index (χ4n) is 1.45. The summed E-state index contributed by atoms with van der Waals surface area (Å²) in [4.78, 5) is -0.0273. The summed E-state index contributed by atoms with van der Waals surface area (Å²) in [6.45, 7) is 1.84. The summed E-state index contributed by atoms with van der Waals surface area (Å²) in [5.74, 6) is 0. The lowest BCUT2D eigenvalue weighted by Crippen LogP contribution is -2.02. The summed E-state index contributed by atoms with van der Waals surface area (Å²) < 4.78 is 31.3. The zero-order valence-electron chi connectivity index (χ0n) is 7.94. The van der Waals surface area contributed by atoms with Gasteiger partial charge in [0.1, 0.15) is 0 Å². The molecule has 1 N–H and O–H groups in total. The van der Waals surface area contributed by atoms with E-state index in [1.807, 2.05) is 6.92 Å². The molecule has 1 aromatic heterocycles. The van der Waals surface area contributed by atoms with E-state index in [2.05, 4.69) is 10.8 Å². The van der Waals surface area contributed by atoms with Gasteiger partial charge >= 0.3 is 0 Å². The van der Waals surface area contributed by atoms with E-state index in [0.717, 1.165) is 5.39 Å². The van der Waals surface area contributed by atoms with Crippen LogP contribution >= 0.6 is 11.3 Å². The number of thiophene rings is 1. The minimum atomic E-state index is -4.14. The Balaban J connectivity index is 2.81. The molecule has 0 unspecified atom stereocenters. The van der Waals surface area contributed by atoms with Crippen LogP contribution in [0.15, 0.2) is 17.0 Å². The van der Waals surface area contributed by atoms with E-state index < -0.39 is 10.1 Å². The van der Waals surface area contributed by atoms with Crippen molar-refractivity contribution in [3.05, 3.63) is 28.5 Å². The molecule has 0 saturated carbocycles. The highest BCUT2D eigenvalue weighted by molar-refractivity contribution is 7.85. The van der Waals surface area contributed by atoms with Crippen molar-refractivity contribution in [3.8, 4) is 0 Å². The van der Waals surface area contributed by atoms with Crippen molar-refractivity contribution < 1.29 is 13.0 Å². The highest BCUT2D eigenvalue weighted by Crippen LogP contribution is 2.25. The van der Waals surface area contributed by atoms with Crippen LogP contribution in [-0.4, -0.2) is 13.0 Å². The molecule has 1 aromatic carbocycles. The average molecular weight is 240 g/mol. The Morgan fingerprint density at radius 3 is 2.47 bits per heavy atom. The van der Waals surface area contributed by atoms with Crippen LogP contribution in [0.3, 0.4) is 0 Å². The van der Waals surface area contributed by atoms with Crippen molar-refractivity contribution in [1.82, 2.24) is 0 Å². The van der Waals surface area contributed by atoms with Gasteiger partial charge in [0.15, 0.2) is 0 Å². The van der Waals surface area contributed by atoms with Gasteiger partial charge in [-0.2, -0.15) is 8.42 Å². The van der Waals surface area contributed by atoms with Gasteiger partial charge in [0.05, 0.1) is 15.7 Å². The number of benzene rings is 1. The van der Waals surface area contributed by atoms with Crippen molar-refractivity contribution in [2.24, 2.45) is 0 Å². The Bertz CT molecular complexity index is 596. The van der Waals surface area contributed by atoms with Crippen LogP contribution in [0.2, 0.25) is 0 Å². The lowest BCUT2D eigenvalue weighted by atomic mass is 10.1. The van der Waals surface area contributed by atoms with Crippen molar-refractivity contribution >= 4 is 32.2 Å². The predicted molar refractivity (Wildman–Crippen MR) is 58.7 cm³/mol. The maximum Gasteiger partial charge on any atom is 0.294 e. The molecule has 3 nitrogen and oxygen atoms in total. The molecule has 0 spiro atoms. The third kappa shape index (κ3) is 1.90. The Morgan fingerprint density at radius 2 is 1.93 bits per heavy atom. The predicted octanol–water partition coefficient (Wildman–Crippen LogP) is 2.31. The molecule has 2 aromatic rings. The van der Waals surface area contributed by atoms with Crippen molar-refractivity contribution in [3.63, 3.8) is 0 Å². The first-order valence-corrected chi connectivity index (χ1v) is 6.60. The van der Waals surface area contributed by atoms with Gasteiger partial charge in [-0.1, -0.05) is 6.92 Å². The van der Waals surface area contributed by atoms with Crippen LogP contribution in [0.1, 0.15) is 12.5 Å². The molecule has 5 heteroatoms. The molecule has 78 valence electrons. The van der Waals surface area contributed by atoms with Gasteiger partial charge in [-0.25, -0.2) is 0 Å². The number of aryl methyl sites for hydroxylation is 1. The minimum absolute atomic E-state index is 0.0273. The second-order valence-corrected chi connectivity index (χ2v) is 5.14. The summed E-state index contributed by atoms with van der Waals surface area (Å²) in [7, 11) is -4.14. The van der Waals surface area contributed by atoms with Gasteiger partial charge in [0.2, 0.25) is 0 Å². The molecule has 0 bridgehead atoms. The first-order valence-electron chi connectivity index (χ1n) is 4.34. The van der Waals surface area contributed by atoms with Gasteiger partial charge in [-0.3, -0.25) is 4.55 Å². The minimum Gasteiger partial charge on any atom is -0.282 e. The zero-order valence-corrected chi connectivity index (χ0v) is 9.58. The molecule has 0 saturated heterocycles. The molecule has 0 aliphatic heterocycles. The van der Waals surface area contributed by atoms with Gasteiger partial charge in [0, 0.05) is 10.8 Å². The smallest absolute Gasteiger partial charge is 0.282 e. The highest BCUT2D eigenvalue weighted by atomic mass is 32.2. The lowest BCUT2D eigenvalue weighted by Gasteiger charge is -2.04. The number of hydrogen-bond donors (Lipinski definition) is 1. The maximum atomic E-state index is 11.1. The van der Waals surface area contributed by atoms with Crippen LogP contribution in [0, 0.1) is 10.8 Å². The molecule has 2 rings (SSSR count). The molecule has 2 radical (unpaired) electrons. The van der Waals surface area contributed by atoms with Crippen LogP contribution in [0.25, 0.3) is 10.8 Å². The molecular formula is C10H8O3S2. The van der Waals surface area contributed by atoms with E-state index in [-0.39, 0.29) is 4.90 Å². The van der Waals surface area contributed by atoms with E-state index in [1.54, 1.807) is 6.07 Å². The summed E-state index contributed by atoms with van der Waals surface area (Å²) in [6.07, 6.45) is 0.550. The standard InChI is InChI=1S/C10H8O3S2/c1-2-7-3-8-5-14-6-9(8)4-10(7)15(11,12)13/h3-4H,2H2,1H3,(H,11,12,13). The number of fused-ring (bicyclic) bond motifs is 1. The van der Waals surface area contributed by atoms with Crippen LogP contribution in [0.5, 0.6) is 0 Å². The van der Waals surface area contributed by atoms with Gasteiger partial charge in [0.25, 0.3) is 10.1 Å². The van der Waals surface area contributed by atoms with Crippen LogP contribution in [0.4, 0.5) is 0 Å². The fourth-order valence-corrected chi connectivity index (χ4v) is 2.86. The fraction of sp³-hybridized carbons (Fsp3) is 0.200. The third-order valence-electron chi connectivity index (χ3n) is 2.18. The molecule has 1 heterocycles. The van der Waals surface area contributed by atoms with Gasteiger partial charge in [-0.05, 0) is 24.1 Å². The van der Waals surface area contributed by atoms with Crippen LogP contribution < -0.4 is 0 Å². The maximum absolute atomic E-state index is 11.1. The van der Waals surface area contributed by atoms with Crippen molar-refractivity contribution in [1.29, 1.82) is 0 Å². The van der Waals surface area contributed by atoms with Crippen molar-refractivity contribution in [2.75, 3.05) is 0 Å². The second kappa shape index (κ2) is 3.59. The number of hydrogen-bond acceptors (Lipinski definition) is 3. The molecule has 0 aliphatic rings. The summed E-state index contributed by atoms with van der Waals surface area (Å²) in [5, 5.41) is 7.38. The zero-order chi connectivity index (χ0) is 11.1. The Kier molecular flexibility index (Phi) is 2.54. The molecular weight excluding hydrogens is 232 g/mol. The lowest BCUT2D eigenvalue weighted by molar-refractivity contribution is 0.482. The van der Waals surface area contributed by atoms with E-state index in [1.165, 1.54) is 17.4 Å². The average Bonchev–Trinajstić information content (AvgIpc) is 2.60. The summed E-state index contributed by atoms with van der Waals surface area (Å²) in [5.41, 5.74) is 0.605. The Morgan fingerprint density at radius 1 is 1.33 bits per heavy atom. The first kappa shape index (κ1) is 10.6. The van der Waals surface area contributed by atoms with E-state index in [0.29, 0.717) is 17.4 Å². The summed E-state index contributed by atoms with van der Waals surface area (Å²) >= 11 is 1.26. The Hall–Kier alpha value is -0.910. The molecule has 0 aliphatic carbocycles. The van der Waals surface area contributed by atoms with Crippen LogP contribution in [-0.2, 0) is 16.5 Å². The largest absolute Gasteiger partial charge is 0.294 e.